The van der Waals surface area contributed by atoms with Crippen molar-refractivity contribution in [1.82, 2.24) is 0 Å². The van der Waals surface area contributed by atoms with Crippen LogP contribution in [0, 0.1) is 56.4 Å². The Labute approximate surface area is 517 Å². The van der Waals surface area contributed by atoms with E-state index in [4.69, 9.17) is 10.2 Å². The van der Waals surface area contributed by atoms with Crippen molar-refractivity contribution in [3.8, 4) is 0 Å². The van der Waals surface area contributed by atoms with Crippen molar-refractivity contribution in [2.24, 2.45) is 11.8 Å². The van der Waals surface area contributed by atoms with Gasteiger partial charge in [-0.15, -0.1) is 0 Å². The molecule has 2 nitrogen and oxygen atoms in total. The van der Waals surface area contributed by atoms with Crippen molar-refractivity contribution in [2.45, 2.75) is 178 Å². The van der Waals surface area contributed by atoms with E-state index >= 15 is 0 Å². The van der Waals surface area contributed by atoms with E-state index in [2.05, 4.69) is 199 Å². The number of aliphatic hydroxyl groups excluding tert-OH is 2. The minimum absolute atomic E-state index is 0. The fraction of sp³-hybridized carbons (Fsp3) is 0.469. The van der Waals surface area contributed by atoms with Crippen LogP contribution in [0.4, 0.5) is 0 Å². The molecule has 2 rings (SSSR count). The molecule has 418 valence electrons. The van der Waals surface area contributed by atoms with Crippen molar-refractivity contribution in [3.05, 3.63) is 211 Å². The van der Waals surface area contributed by atoms with E-state index < -0.39 is 0 Å². The summed E-state index contributed by atoms with van der Waals surface area (Å²) >= 11 is 0. The van der Waals surface area contributed by atoms with E-state index in [1.807, 2.05) is 41.5 Å². The number of hydrogen-bond acceptors (Lipinski definition) is 2. The first-order chi connectivity index (χ1) is 27.3. The van der Waals surface area contributed by atoms with Crippen molar-refractivity contribution in [1.29, 1.82) is 0 Å². The molecular weight excluding hydrogens is 1230 g/mol. The molecule has 1 saturated carbocycles. The van der Waals surface area contributed by atoms with Crippen LogP contribution >= 0.6 is 0 Å². The Bertz CT molecular complexity index is 1200. The van der Waals surface area contributed by atoms with Gasteiger partial charge in [-0.2, -0.15) is 0 Å². The molecule has 0 saturated heterocycles. The zero-order chi connectivity index (χ0) is 49.7. The summed E-state index contributed by atoms with van der Waals surface area (Å²) < 4.78 is 0. The maximum absolute atomic E-state index is 7.00. The monoisotopic (exact) mass is 1360 g/mol. The Morgan fingerprint density at radius 3 is 0.577 bits per heavy atom. The number of allylic oxidation sites excluding steroid dienone is 22. The van der Waals surface area contributed by atoms with Gasteiger partial charge in [-0.25, -0.2) is 0 Å². The standard InChI is InChI=1S/C7H14.C7H10.6C7H12.2CH4O.6CH3.3Ru.2Zn/c2*1-6-3-4-7(2)5-6;6*1-6(2)5-7(3)4;2*1-2;;;;;;;;;;;/h6-7H,3-5H2,1-2H3;3,5H,4H2,1-2H3;6*5H,1H2,2-4H3;2*2H,1H3;6*1H3;;;;;/q;;;;;;;;;;6*-1;3*+2;;. The summed E-state index contributed by atoms with van der Waals surface area (Å²) in [5.74, 6) is 2.05. The van der Waals surface area contributed by atoms with Crippen molar-refractivity contribution in [2.75, 3.05) is 14.2 Å². The minimum Gasteiger partial charge on any atom is -0.400 e. The van der Waals surface area contributed by atoms with Crippen LogP contribution < -0.4 is 0 Å². The fourth-order valence-corrected chi connectivity index (χ4v) is 5.28. The molecule has 0 aromatic heterocycles. The normalized spacial score (nSPS) is 10.8. The Kier molecular flexibility index (Phi) is 166. The van der Waals surface area contributed by atoms with Gasteiger partial charge >= 0.3 is 58.4 Å². The molecule has 0 bridgehead atoms. The van der Waals surface area contributed by atoms with E-state index in [1.165, 1.54) is 70.3 Å². The number of rotatable bonds is 6. The molecule has 2 aliphatic carbocycles. The summed E-state index contributed by atoms with van der Waals surface area (Å²) in [6.45, 7) is 68.0. The van der Waals surface area contributed by atoms with Gasteiger partial charge in [0.05, 0.1) is 0 Å². The van der Waals surface area contributed by atoms with Gasteiger partial charge in [-0.1, -0.05) is 193 Å². The van der Waals surface area contributed by atoms with Gasteiger partial charge in [0.25, 0.3) is 0 Å². The number of hydrogen-bond donors (Lipinski definition) is 2. The predicted molar refractivity (Wildman–Crippen MR) is 325 cm³/mol. The molecule has 1 fully saturated rings. The van der Waals surface area contributed by atoms with Crippen LogP contribution in [0.15, 0.2) is 166 Å². The quantitative estimate of drug-likeness (QED) is 0.158. The Hall–Kier alpha value is -0.603. The second kappa shape index (κ2) is 92.0. The molecule has 71 heavy (non-hydrogen) atoms. The maximum Gasteiger partial charge on any atom is 2.00 e. The smallest absolute Gasteiger partial charge is 0.400 e. The first kappa shape index (κ1) is 128. The van der Waals surface area contributed by atoms with E-state index in [0.717, 1.165) is 59.5 Å². The van der Waals surface area contributed by atoms with E-state index in [1.54, 1.807) is 0 Å². The van der Waals surface area contributed by atoms with Crippen LogP contribution in [0.25, 0.3) is 0 Å². The van der Waals surface area contributed by atoms with Gasteiger partial charge in [-0.3, -0.25) is 0 Å². The van der Waals surface area contributed by atoms with Crippen LogP contribution in [-0.2, 0) is 97.4 Å². The third kappa shape index (κ3) is 184. The molecule has 2 N–H and O–H groups in total. The molecular formula is C64H122O2Ru3Zn2. The van der Waals surface area contributed by atoms with Gasteiger partial charge in [0.2, 0.25) is 0 Å². The summed E-state index contributed by atoms with van der Waals surface area (Å²) in [4.78, 5) is 0. The van der Waals surface area contributed by atoms with Crippen LogP contribution in [0.2, 0.25) is 0 Å². The van der Waals surface area contributed by atoms with Crippen molar-refractivity contribution in [3.63, 3.8) is 0 Å². The third-order valence-corrected chi connectivity index (χ3v) is 6.39. The fourth-order valence-electron chi connectivity index (χ4n) is 5.28. The molecule has 0 amide bonds. The zero-order valence-corrected chi connectivity index (χ0v) is 64.4. The van der Waals surface area contributed by atoms with Gasteiger partial charge in [0.15, 0.2) is 0 Å². The Morgan fingerprint density at radius 2 is 0.549 bits per heavy atom. The molecule has 0 radical (unpaired) electrons. The van der Waals surface area contributed by atoms with Crippen LogP contribution in [0.5, 0.6) is 0 Å². The average molecular weight is 1360 g/mol. The Balaban J connectivity index is -0.0000000248. The molecule has 0 heterocycles. The maximum atomic E-state index is 7.00. The third-order valence-electron chi connectivity index (χ3n) is 6.39. The van der Waals surface area contributed by atoms with Gasteiger partial charge in [-0.05, 0) is 163 Å². The predicted octanol–water partition coefficient (Wildman–Crippen LogP) is 21.8. The molecule has 0 aliphatic heterocycles. The second-order valence-corrected chi connectivity index (χ2v) is 17.6. The molecule has 0 spiro atoms. The minimum atomic E-state index is 0. The molecule has 0 aromatic rings. The van der Waals surface area contributed by atoms with Crippen molar-refractivity contribution < 1.29 is 108 Å². The molecule has 2 unspecified atom stereocenters. The van der Waals surface area contributed by atoms with Crippen LogP contribution in [0.3, 0.4) is 0 Å². The van der Waals surface area contributed by atoms with Gasteiger partial charge in [0.1, 0.15) is 0 Å². The van der Waals surface area contributed by atoms with E-state index in [0.29, 0.717) is 0 Å². The summed E-state index contributed by atoms with van der Waals surface area (Å²) in [6.07, 6.45) is 22.4. The zero-order valence-electron chi connectivity index (χ0n) is 53.2. The summed E-state index contributed by atoms with van der Waals surface area (Å²) in [5.41, 5.74) is 17.5. The SMILES string of the molecule is C=C(C)C=C(C)C.C=C(C)C=C(C)C.C=C(C)C=C(C)C.C=C(C)C=C(C)C.C=C(C)C=C(C)C.C=C(C)C=C(C)C.CC1=CCC(C)=C1.CC1CCC(C)C1.CO.CO.[CH3-].[CH3-].[CH3-].[CH3-].[CH3-].[CH3-].[Ru+2].[Ru+2].[Ru+2].[Zn].[Zn]. The van der Waals surface area contributed by atoms with E-state index in [9.17, 15) is 0 Å². The summed E-state index contributed by atoms with van der Waals surface area (Å²) in [6, 6.07) is 0. The molecule has 7 heteroatoms. The Morgan fingerprint density at radius 1 is 0.394 bits per heavy atom. The van der Waals surface area contributed by atoms with Gasteiger partial charge in [0, 0.05) is 53.2 Å². The summed E-state index contributed by atoms with van der Waals surface area (Å²) in [7, 11) is 2.00. The molecule has 0 aromatic carbocycles. The van der Waals surface area contributed by atoms with Crippen LogP contribution in [-0.4, -0.2) is 24.4 Å². The first-order valence-corrected chi connectivity index (χ1v) is 21.4. The first-order valence-electron chi connectivity index (χ1n) is 21.4. The van der Waals surface area contributed by atoms with E-state index in [-0.39, 0.29) is 142 Å². The largest absolute Gasteiger partial charge is 2.00 e. The average Bonchev–Trinajstić information content (AvgIpc) is 3.61. The van der Waals surface area contributed by atoms with Crippen LogP contribution in [0.1, 0.15) is 178 Å². The molecule has 2 atom stereocenters. The topological polar surface area (TPSA) is 40.5 Å². The second-order valence-electron chi connectivity index (χ2n) is 17.6. The van der Waals surface area contributed by atoms with Crippen molar-refractivity contribution >= 4 is 0 Å². The summed E-state index contributed by atoms with van der Waals surface area (Å²) in [5, 5.41) is 14.0. The van der Waals surface area contributed by atoms with Gasteiger partial charge < -0.3 is 54.8 Å². The molecule has 2 aliphatic rings. The number of aliphatic hydroxyl groups is 2.